The SMILES string of the molecule is CCCC/C(C#N)=C\C1CC1(C)C. The maximum Gasteiger partial charge on any atom is 0.0943 e. The standard InChI is InChI=1S/C12H19N/c1-4-5-6-10(9-13)7-11-8-12(11,2)3/h7,11H,4-6,8H2,1-3H3/b10-7+. The van der Waals surface area contributed by atoms with Crippen LogP contribution >= 0.6 is 0 Å². The predicted octanol–water partition coefficient (Wildman–Crippen LogP) is 3.67. The summed E-state index contributed by atoms with van der Waals surface area (Å²) in [4.78, 5) is 0. The number of nitriles is 1. The Kier molecular flexibility index (Phi) is 3.14. The van der Waals surface area contributed by atoms with E-state index in [0.717, 1.165) is 18.4 Å². The van der Waals surface area contributed by atoms with Crippen LogP contribution in [0.25, 0.3) is 0 Å². The summed E-state index contributed by atoms with van der Waals surface area (Å²) in [6.45, 7) is 6.70. The second kappa shape index (κ2) is 3.96. The molecule has 1 atom stereocenters. The normalized spacial score (nSPS) is 25.4. The molecule has 1 rings (SSSR count). The lowest BCUT2D eigenvalue weighted by molar-refractivity contribution is 0.608. The van der Waals surface area contributed by atoms with Crippen molar-refractivity contribution in [3.8, 4) is 6.07 Å². The summed E-state index contributed by atoms with van der Waals surface area (Å²) < 4.78 is 0. The highest BCUT2D eigenvalue weighted by Gasteiger charge is 2.43. The van der Waals surface area contributed by atoms with Gasteiger partial charge in [-0.3, -0.25) is 0 Å². The third kappa shape index (κ3) is 2.88. The monoisotopic (exact) mass is 177 g/mol. The zero-order valence-electron chi connectivity index (χ0n) is 8.93. The topological polar surface area (TPSA) is 23.8 Å². The maximum absolute atomic E-state index is 8.88. The van der Waals surface area contributed by atoms with Gasteiger partial charge in [0.2, 0.25) is 0 Å². The van der Waals surface area contributed by atoms with Crippen molar-refractivity contribution in [3.05, 3.63) is 11.6 Å². The molecular weight excluding hydrogens is 158 g/mol. The maximum atomic E-state index is 8.88. The molecular formula is C12H19N. The van der Waals surface area contributed by atoms with Crippen molar-refractivity contribution in [2.45, 2.75) is 46.5 Å². The van der Waals surface area contributed by atoms with E-state index in [1.807, 2.05) is 0 Å². The van der Waals surface area contributed by atoms with Crippen LogP contribution in [0.2, 0.25) is 0 Å². The predicted molar refractivity (Wildman–Crippen MR) is 55.1 cm³/mol. The first kappa shape index (κ1) is 10.3. The average Bonchev–Trinajstić information content (AvgIpc) is 2.67. The number of unbranched alkanes of at least 4 members (excludes halogenated alkanes) is 1. The lowest BCUT2D eigenvalue weighted by Gasteiger charge is -1.99. The molecule has 1 aliphatic rings. The number of nitrogens with zero attached hydrogens (tertiary/aromatic N) is 1. The van der Waals surface area contributed by atoms with E-state index in [1.54, 1.807) is 0 Å². The summed E-state index contributed by atoms with van der Waals surface area (Å²) in [5, 5.41) is 8.88. The van der Waals surface area contributed by atoms with Crippen molar-refractivity contribution in [1.29, 1.82) is 5.26 Å². The fourth-order valence-corrected chi connectivity index (χ4v) is 1.58. The highest BCUT2D eigenvalue weighted by atomic mass is 14.5. The van der Waals surface area contributed by atoms with Crippen LogP contribution in [0.4, 0.5) is 0 Å². The van der Waals surface area contributed by atoms with Gasteiger partial charge in [-0.05, 0) is 30.6 Å². The van der Waals surface area contributed by atoms with Gasteiger partial charge in [0.1, 0.15) is 0 Å². The summed E-state index contributed by atoms with van der Waals surface area (Å²) in [6.07, 6.45) is 6.74. The van der Waals surface area contributed by atoms with E-state index < -0.39 is 0 Å². The molecule has 13 heavy (non-hydrogen) atoms. The zero-order valence-corrected chi connectivity index (χ0v) is 8.93. The summed E-state index contributed by atoms with van der Waals surface area (Å²) in [5.41, 5.74) is 1.46. The van der Waals surface area contributed by atoms with Crippen molar-refractivity contribution in [2.24, 2.45) is 11.3 Å². The molecule has 0 N–H and O–H groups in total. The molecule has 0 heterocycles. The first-order chi connectivity index (χ1) is 6.10. The van der Waals surface area contributed by atoms with Crippen LogP contribution in [0.15, 0.2) is 11.6 Å². The second-order valence-electron chi connectivity index (χ2n) is 4.71. The van der Waals surface area contributed by atoms with Gasteiger partial charge >= 0.3 is 0 Å². The molecule has 1 saturated carbocycles. The third-order valence-corrected chi connectivity index (χ3v) is 2.94. The van der Waals surface area contributed by atoms with Crippen LogP contribution in [0.1, 0.15) is 46.5 Å². The van der Waals surface area contributed by atoms with Crippen molar-refractivity contribution >= 4 is 0 Å². The van der Waals surface area contributed by atoms with Crippen molar-refractivity contribution in [2.75, 3.05) is 0 Å². The first-order valence-corrected chi connectivity index (χ1v) is 5.21. The highest BCUT2D eigenvalue weighted by molar-refractivity contribution is 5.25. The Hall–Kier alpha value is -0.770. The van der Waals surface area contributed by atoms with Gasteiger partial charge in [-0.25, -0.2) is 0 Å². The fraction of sp³-hybridized carbons (Fsp3) is 0.750. The van der Waals surface area contributed by atoms with Gasteiger partial charge in [-0.15, -0.1) is 0 Å². The van der Waals surface area contributed by atoms with E-state index in [2.05, 4.69) is 32.9 Å². The van der Waals surface area contributed by atoms with Gasteiger partial charge in [0.15, 0.2) is 0 Å². The molecule has 0 radical (unpaired) electrons. The summed E-state index contributed by atoms with van der Waals surface area (Å²) in [6, 6.07) is 2.31. The van der Waals surface area contributed by atoms with Gasteiger partial charge in [0.05, 0.1) is 6.07 Å². The second-order valence-corrected chi connectivity index (χ2v) is 4.71. The van der Waals surface area contributed by atoms with Crippen LogP contribution in [0, 0.1) is 22.7 Å². The summed E-state index contributed by atoms with van der Waals surface area (Å²) in [7, 11) is 0. The number of hydrogen-bond acceptors (Lipinski definition) is 1. The van der Waals surface area contributed by atoms with Crippen LogP contribution in [0.3, 0.4) is 0 Å². The first-order valence-electron chi connectivity index (χ1n) is 5.21. The molecule has 1 unspecified atom stereocenters. The van der Waals surface area contributed by atoms with E-state index in [4.69, 9.17) is 5.26 Å². The Morgan fingerprint density at radius 3 is 2.62 bits per heavy atom. The van der Waals surface area contributed by atoms with E-state index >= 15 is 0 Å². The van der Waals surface area contributed by atoms with Crippen LogP contribution in [0.5, 0.6) is 0 Å². The highest BCUT2D eigenvalue weighted by Crippen LogP contribution is 2.52. The number of rotatable bonds is 4. The molecule has 72 valence electrons. The summed E-state index contributed by atoms with van der Waals surface area (Å²) >= 11 is 0. The molecule has 0 bridgehead atoms. The lowest BCUT2D eigenvalue weighted by Crippen LogP contribution is -1.88. The fourth-order valence-electron chi connectivity index (χ4n) is 1.58. The van der Waals surface area contributed by atoms with Crippen molar-refractivity contribution in [3.63, 3.8) is 0 Å². The Bertz CT molecular complexity index is 242. The van der Waals surface area contributed by atoms with E-state index in [1.165, 1.54) is 12.8 Å². The Morgan fingerprint density at radius 2 is 2.23 bits per heavy atom. The number of hydrogen-bond donors (Lipinski definition) is 0. The molecule has 1 fully saturated rings. The van der Waals surface area contributed by atoms with E-state index in [9.17, 15) is 0 Å². The van der Waals surface area contributed by atoms with Gasteiger partial charge in [0.25, 0.3) is 0 Å². The Balaban J connectivity index is 2.44. The third-order valence-electron chi connectivity index (χ3n) is 2.94. The van der Waals surface area contributed by atoms with Gasteiger partial charge in [0, 0.05) is 5.57 Å². The van der Waals surface area contributed by atoms with Crippen molar-refractivity contribution in [1.82, 2.24) is 0 Å². The molecule has 1 heteroatoms. The van der Waals surface area contributed by atoms with Gasteiger partial charge in [-0.2, -0.15) is 5.26 Å². The molecule has 0 aromatic carbocycles. The average molecular weight is 177 g/mol. The smallest absolute Gasteiger partial charge is 0.0943 e. The zero-order chi connectivity index (χ0) is 9.90. The minimum Gasteiger partial charge on any atom is -0.193 e. The molecule has 1 nitrogen and oxygen atoms in total. The van der Waals surface area contributed by atoms with Gasteiger partial charge < -0.3 is 0 Å². The lowest BCUT2D eigenvalue weighted by atomic mass is 10.0. The molecule has 0 aromatic heterocycles. The quantitative estimate of drug-likeness (QED) is 0.601. The minimum atomic E-state index is 0.467. The summed E-state index contributed by atoms with van der Waals surface area (Å²) in [5.74, 6) is 0.666. The largest absolute Gasteiger partial charge is 0.193 e. The molecule has 0 aliphatic heterocycles. The molecule has 1 aliphatic carbocycles. The molecule has 0 spiro atoms. The van der Waals surface area contributed by atoms with Crippen LogP contribution < -0.4 is 0 Å². The van der Waals surface area contributed by atoms with E-state index in [-0.39, 0.29) is 0 Å². The number of allylic oxidation sites excluding steroid dienone is 2. The van der Waals surface area contributed by atoms with Gasteiger partial charge in [-0.1, -0.05) is 33.3 Å². The van der Waals surface area contributed by atoms with Crippen molar-refractivity contribution < 1.29 is 0 Å². The van der Waals surface area contributed by atoms with Crippen LogP contribution in [-0.4, -0.2) is 0 Å². The van der Waals surface area contributed by atoms with E-state index in [0.29, 0.717) is 11.3 Å². The molecule has 0 amide bonds. The Labute approximate surface area is 81.5 Å². The Morgan fingerprint density at radius 1 is 1.62 bits per heavy atom. The molecule has 0 aromatic rings. The minimum absolute atomic E-state index is 0.467. The molecule has 0 saturated heterocycles. The van der Waals surface area contributed by atoms with Crippen LogP contribution in [-0.2, 0) is 0 Å².